The molecule has 0 atom stereocenters. The third-order valence-corrected chi connectivity index (χ3v) is 5.20. The molecule has 2 N–H and O–H groups in total. The third-order valence-electron chi connectivity index (χ3n) is 4.32. The number of fused-ring (bicyclic) bond motifs is 1. The molecule has 3 aromatic rings. The van der Waals surface area contributed by atoms with Crippen molar-refractivity contribution in [1.29, 1.82) is 0 Å². The molecule has 0 aliphatic carbocycles. The molecule has 2 aromatic carbocycles. The summed E-state index contributed by atoms with van der Waals surface area (Å²) in [6.45, 7) is 1.87. The molecular weight excluding hydrogens is 344 g/mol. The fourth-order valence-electron chi connectivity index (χ4n) is 2.92. The van der Waals surface area contributed by atoms with E-state index < -0.39 is 5.91 Å². The van der Waals surface area contributed by atoms with Crippen LogP contribution in [0.4, 0.5) is 0 Å². The van der Waals surface area contributed by atoms with Gasteiger partial charge in [0.05, 0.1) is 0 Å². The van der Waals surface area contributed by atoms with E-state index in [1.807, 2.05) is 12.1 Å². The number of hydrogen-bond acceptors (Lipinski definition) is 4. The summed E-state index contributed by atoms with van der Waals surface area (Å²) in [5, 5.41) is 12.0. The standard InChI is InChI=1S/C21H22N2O2S/c1-23(13-11-18-3-2-4-20-19(18)12-14-26-20)15-17-7-5-16(6-8-17)9-10-21(24)22-25/h2-10,12,14,25H,11,13,15H2,1H3,(H,22,24)/b10-9+. The third kappa shape index (κ3) is 4.79. The average Bonchev–Trinajstić information content (AvgIpc) is 3.15. The van der Waals surface area contributed by atoms with Gasteiger partial charge in [-0.3, -0.25) is 10.0 Å². The van der Waals surface area contributed by atoms with Crippen molar-refractivity contribution in [3.8, 4) is 0 Å². The summed E-state index contributed by atoms with van der Waals surface area (Å²) in [5.74, 6) is -0.533. The van der Waals surface area contributed by atoms with Gasteiger partial charge in [-0.2, -0.15) is 0 Å². The van der Waals surface area contributed by atoms with E-state index in [4.69, 9.17) is 5.21 Å². The summed E-state index contributed by atoms with van der Waals surface area (Å²) in [5.41, 5.74) is 5.13. The van der Waals surface area contributed by atoms with Crippen molar-refractivity contribution in [2.45, 2.75) is 13.0 Å². The lowest BCUT2D eigenvalue weighted by Gasteiger charge is -2.17. The maximum atomic E-state index is 11.0. The lowest BCUT2D eigenvalue weighted by Crippen LogP contribution is -2.20. The van der Waals surface area contributed by atoms with Gasteiger partial charge in [-0.25, -0.2) is 5.48 Å². The summed E-state index contributed by atoms with van der Waals surface area (Å²) in [4.78, 5) is 13.3. The molecule has 26 heavy (non-hydrogen) atoms. The second-order valence-electron chi connectivity index (χ2n) is 6.29. The van der Waals surface area contributed by atoms with E-state index in [0.717, 1.165) is 25.1 Å². The Morgan fingerprint density at radius 3 is 2.77 bits per heavy atom. The molecule has 1 heterocycles. The second kappa shape index (κ2) is 8.76. The predicted octanol–water partition coefficient (Wildman–Crippen LogP) is 4.09. The first-order valence-corrected chi connectivity index (χ1v) is 9.38. The molecule has 0 radical (unpaired) electrons. The SMILES string of the molecule is CN(CCc1cccc2sccc12)Cc1ccc(/C=C/C(=O)NO)cc1. The Labute approximate surface area is 157 Å². The lowest BCUT2D eigenvalue weighted by atomic mass is 10.1. The van der Waals surface area contributed by atoms with Gasteiger partial charge in [0, 0.05) is 23.9 Å². The number of carbonyl (C=O) groups excluding carboxylic acids is 1. The van der Waals surface area contributed by atoms with E-state index in [1.165, 1.54) is 27.3 Å². The largest absolute Gasteiger partial charge is 0.302 e. The number of hydroxylamine groups is 1. The lowest BCUT2D eigenvalue weighted by molar-refractivity contribution is -0.124. The second-order valence-corrected chi connectivity index (χ2v) is 7.24. The zero-order valence-corrected chi connectivity index (χ0v) is 15.5. The van der Waals surface area contributed by atoms with Crippen molar-refractivity contribution in [3.05, 3.63) is 76.7 Å². The van der Waals surface area contributed by atoms with Gasteiger partial charge < -0.3 is 4.90 Å². The highest BCUT2D eigenvalue weighted by Crippen LogP contribution is 2.24. The van der Waals surface area contributed by atoms with Crippen LogP contribution < -0.4 is 5.48 Å². The first kappa shape index (κ1) is 18.3. The fraction of sp³-hybridized carbons (Fsp3) is 0.190. The molecule has 0 spiro atoms. The predicted molar refractivity (Wildman–Crippen MR) is 107 cm³/mol. The molecule has 134 valence electrons. The number of benzene rings is 2. The molecule has 0 fully saturated rings. The number of rotatable bonds is 7. The van der Waals surface area contributed by atoms with Crippen molar-refractivity contribution in [1.82, 2.24) is 10.4 Å². The van der Waals surface area contributed by atoms with E-state index in [2.05, 4.69) is 53.7 Å². The van der Waals surface area contributed by atoms with E-state index in [9.17, 15) is 4.79 Å². The number of nitrogens with one attached hydrogen (secondary N) is 1. The first-order chi connectivity index (χ1) is 12.7. The Morgan fingerprint density at radius 1 is 1.19 bits per heavy atom. The van der Waals surface area contributed by atoms with Crippen LogP contribution in [-0.4, -0.2) is 29.6 Å². The van der Waals surface area contributed by atoms with Crippen LogP contribution in [0.25, 0.3) is 16.2 Å². The normalized spacial score (nSPS) is 11.5. The molecule has 0 aliphatic heterocycles. The number of likely N-dealkylation sites (N-methyl/N-ethyl adjacent to an activating group) is 1. The van der Waals surface area contributed by atoms with E-state index in [0.29, 0.717) is 0 Å². The molecule has 4 nitrogen and oxygen atoms in total. The van der Waals surface area contributed by atoms with Crippen LogP contribution in [-0.2, 0) is 17.8 Å². The maximum Gasteiger partial charge on any atom is 0.267 e. The van der Waals surface area contributed by atoms with Crippen molar-refractivity contribution < 1.29 is 10.0 Å². The number of thiophene rings is 1. The van der Waals surface area contributed by atoms with Gasteiger partial charge in [0.1, 0.15) is 0 Å². The Hall–Kier alpha value is -2.47. The highest BCUT2D eigenvalue weighted by atomic mass is 32.1. The topological polar surface area (TPSA) is 52.6 Å². The fourth-order valence-corrected chi connectivity index (χ4v) is 3.75. The molecule has 0 saturated carbocycles. The molecule has 3 rings (SSSR count). The minimum absolute atomic E-state index is 0.533. The van der Waals surface area contributed by atoms with Crippen LogP contribution in [0.2, 0.25) is 0 Å². The van der Waals surface area contributed by atoms with Gasteiger partial charge in [0.15, 0.2) is 0 Å². The summed E-state index contributed by atoms with van der Waals surface area (Å²) in [7, 11) is 2.13. The van der Waals surface area contributed by atoms with Gasteiger partial charge >= 0.3 is 0 Å². The molecule has 0 unspecified atom stereocenters. The monoisotopic (exact) mass is 366 g/mol. The van der Waals surface area contributed by atoms with E-state index >= 15 is 0 Å². The van der Waals surface area contributed by atoms with Crippen molar-refractivity contribution >= 4 is 33.4 Å². The van der Waals surface area contributed by atoms with Crippen LogP contribution in [0.1, 0.15) is 16.7 Å². The van der Waals surface area contributed by atoms with E-state index in [-0.39, 0.29) is 0 Å². The minimum Gasteiger partial charge on any atom is -0.302 e. The molecule has 5 heteroatoms. The molecule has 0 bridgehead atoms. The van der Waals surface area contributed by atoms with Gasteiger partial charge in [-0.1, -0.05) is 36.4 Å². The summed E-state index contributed by atoms with van der Waals surface area (Å²) in [6, 6.07) is 16.8. The molecule has 0 aliphatic rings. The van der Waals surface area contributed by atoms with Crippen LogP contribution in [0, 0.1) is 0 Å². The van der Waals surface area contributed by atoms with Crippen LogP contribution in [0.5, 0.6) is 0 Å². The van der Waals surface area contributed by atoms with Crippen molar-refractivity contribution in [2.24, 2.45) is 0 Å². The van der Waals surface area contributed by atoms with Gasteiger partial charge in [-0.15, -0.1) is 11.3 Å². The number of amides is 1. The number of nitrogens with zero attached hydrogens (tertiary/aromatic N) is 1. The summed E-state index contributed by atoms with van der Waals surface area (Å²) >= 11 is 1.79. The molecule has 1 amide bonds. The average molecular weight is 366 g/mol. The van der Waals surface area contributed by atoms with Crippen LogP contribution in [0.15, 0.2) is 60.0 Å². The maximum absolute atomic E-state index is 11.0. The van der Waals surface area contributed by atoms with Gasteiger partial charge in [-0.05, 0) is 59.1 Å². The van der Waals surface area contributed by atoms with E-state index in [1.54, 1.807) is 22.9 Å². The Balaban J connectivity index is 1.55. The number of hydrogen-bond donors (Lipinski definition) is 2. The van der Waals surface area contributed by atoms with Crippen LogP contribution in [0.3, 0.4) is 0 Å². The van der Waals surface area contributed by atoms with Gasteiger partial charge in [0.25, 0.3) is 5.91 Å². The Kier molecular flexibility index (Phi) is 6.17. The summed E-state index contributed by atoms with van der Waals surface area (Å²) < 4.78 is 1.35. The molecule has 1 aromatic heterocycles. The minimum atomic E-state index is -0.533. The van der Waals surface area contributed by atoms with Crippen molar-refractivity contribution in [2.75, 3.05) is 13.6 Å². The highest BCUT2D eigenvalue weighted by molar-refractivity contribution is 7.17. The Bertz CT molecular complexity index is 900. The van der Waals surface area contributed by atoms with Crippen molar-refractivity contribution in [3.63, 3.8) is 0 Å². The van der Waals surface area contributed by atoms with Gasteiger partial charge in [0.2, 0.25) is 0 Å². The zero-order valence-electron chi connectivity index (χ0n) is 14.7. The molecular formula is C21H22N2O2S. The number of carbonyl (C=O) groups is 1. The first-order valence-electron chi connectivity index (χ1n) is 8.50. The highest BCUT2D eigenvalue weighted by Gasteiger charge is 2.05. The smallest absolute Gasteiger partial charge is 0.267 e. The quantitative estimate of drug-likeness (QED) is 0.376. The summed E-state index contributed by atoms with van der Waals surface area (Å²) in [6.07, 6.45) is 3.99. The van der Waals surface area contributed by atoms with Crippen LogP contribution >= 0.6 is 11.3 Å². The zero-order chi connectivity index (χ0) is 18.4. The Morgan fingerprint density at radius 2 is 2.00 bits per heavy atom. The molecule has 0 saturated heterocycles.